The van der Waals surface area contributed by atoms with Gasteiger partial charge in [0.15, 0.2) is 5.96 Å². The van der Waals surface area contributed by atoms with Crippen LogP contribution in [0.5, 0.6) is 0 Å². The van der Waals surface area contributed by atoms with Crippen LogP contribution >= 0.6 is 11.6 Å². The van der Waals surface area contributed by atoms with Crippen molar-refractivity contribution in [3.8, 4) is 0 Å². The summed E-state index contributed by atoms with van der Waals surface area (Å²) in [5, 5.41) is 4.02. The fourth-order valence-corrected chi connectivity index (χ4v) is 2.45. The number of unbranched alkanes of at least 4 members (excludes halogenated alkanes) is 1. The second-order valence-electron chi connectivity index (χ2n) is 5.39. The Kier molecular flexibility index (Phi) is 8.55. The first kappa shape index (κ1) is 19.4. The Balaban J connectivity index is 2.53. The molecule has 7 heteroatoms. The zero-order valence-electron chi connectivity index (χ0n) is 14.4. The number of methoxy groups -OCH3 is 1. The van der Waals surface area contributed by atoms with Gasteiger partial charge in [0, 0.05) is 45.5 Å². The number of hydrogen-bond donors (Lipinski definition) is 1. The third-order valence-electron chi connectivity index (χ3n) is 3.45. The molecule has 0 bridgehead atoms. The van der Waals surface area contributed by atoms with E-state index in [1.807, 2.05) is 37.8 Å². The van der Waals surface area contributed by atoms with E-state index in [1.165, 1.54) is 7.11 Å². The number of carbonyl (C=O) groups excluding carboxylic acids is 1. The van der Waals surface area contributed by atoms with Crippen LogP contribution in [0.1, 0.15) is 31.9 Å². The lowest BCUT2D eigenvalue weighted by Crippen LogP contribution is -2.38. The number of nitrogens with one attached hydrogen (secondary N) is 1. The number of aryl methyl sites for hydroxylation is 1. The fraction of sp³-hybridized carbons (Fsp3) is 0.625. The molecule has 0 unspecified atom stereocenters. The summed E-state index contributed by atoms with van der Waals surface area (Å²) < 4.78 is 6.64. The molecule has 1 aromatic rings. The Hall–Kier alpha value is -1.69. The number of ether oxygens (including phenoxy) is 1. The smallest absolute Gasteiger partial charge is 0.305 e. The molecule has 0 saturated carbocycles. The zero-order chi connectivity index (χ0) is 17.2. The lowest BCUT2D eigenvalue weighted by atomic mass is 10.2. The van der Waals surface area contributed by atoms with Crippen molar-refractivity contribution < 1.29 is 9.53 Å². The van der Waals surface area contributed by atoms with Gasteiger partial charge in [-0.2, -0.15) is 0 Å². The summed E-state index contributed by atoms with van der Waals surface area (Å²) >= 11 is 6.02. The molecule has 1 N–H and O–H groups in total. The van der Waals surface area contributed by atoms with E-state index in [0.29, 0.717) is 13.0 Å². The molecule has 0 saturated heterocycles. The number of halogens is 1. The predicted octanol–water partition coefficient (Wildman–Crippen LogP) is 2.42. The Morgan fingerprint density at radius 2 is 2.22 bits per heavy atom. The van der Waals surface area contributed by atoms with E-state index in [0.717, 1.165) is 42.6 Å². The number of rotatable bonds is 8. The maximum absolute atomic E-state index is 11.1. The Labute approximate surface area is 143 Å². The van der Waals surface area contributed by atoms with Crippen molar-refractivity contribution in [1.82, 2.24) is 14.8 Å². The summed E-state index contributed by atoms with van der Waals surface area (Å²) in [6, 6.07) is 1.96. The van der Waals surface area contributed by atoms with Crippen molar-refractivity contribution >= 4 is 23.5 Å². The van der Waals surface area contributed by atoms with Gasteiger partial charge in [-0.1, -0.05) is 11.6 Å². The van der Waals surface area contributed by atoms with Crippen LogP contribution in [0.15, 0.2) is 17.3 Å². The zero-order valence-corrected chi connectivity index (χ0v) is 15.2. The van der Waals surface area contributed by atoms with Gasteiger partial charge in [-0.05, 0) is 25.8 Å². The highest BCUT2D eigenvalue weighted by atomic mass is 35.5. The van der Waals surface area contributed by atoms with Gasteiger partial charge in [-0.25, -0.2) is 0 Å². The van der Waals surface area contributed by atoms with E-state index in [2.05, 4.69) is 19.9 Å². The maximum atomic E-state index is 11.1. The topological polar surface area (TPSA) is 58.9 Å². The SMILES string of the molecule is CCNC(=NCCCCC(=O)OC)N(C)Cc1cc(Cl)cn1C. The molecule has 0 spiro atoms. The summed E-state index contributed by atoms with van der Waals surface area (Å²) in [6.45, 7) is 4.24. The summed E-state index contributed by atoms with van der Waals surface area (Å²) in [4.78, 5) is 17.7. The molecule has 0 aliphatic heterocycles. The number of hydrogen-bond acceptors (Lipinski definition) is 3. The number of carbonyl (C=O) groups is 1. The van der Waals surface area contributed by atoms with Crippen LogP contribution in [0.2, 0.25) is 5.02 Å². The van der Waals surface area contributed by atoms with Crippen LogP contribution < -0.4 is 5.32 Å². The maximum Gasteiger partial charge on any atom is 0.305 e. The molecule has 0 aromatic carbocycles. The van der Waals surface area contributed by atoms with Crippen molar-refractivity contribution in [2.24, 2.45) is 12.0 Å². The Morgan fingerprint density at radius 3 is 2.78 bits per heavy atom. The van der Waals surface area contributed by atoms with Crippen molar-refractivity contribution in [2.75, 3.05) is 27.2 Å². The van der Waals surface area contributed by atoms with Crippen LogP contribution in [-0.4, -0.2) is 48.6 Å². The third kappa shape index (κ3) is 6.95. The largest absolute Gasteiger partial charge is 0.469 e. The average molecular weight is 343 g/mol. The van der Waals surface area contributed by atoms with Gasteiger partial charge in [0.05, 0.1) is 18.7 Å². The molecule has 130 valence electrons. The molecular weight excluding hydrogens is 316 g/mol. The number of aliphatic imine (C=N–C) groups is 1. The van der Waals surface area contributed by atoms with Crippen LogP contribution in [0.3, 0.4) is 0 Å². The van der Waals surface area contributed by atoms with Crippen LogP contribution in [0.4, 0.5) is 0 Å². The van der Waals surface area contributed by atoms with E-state index in [9.17, 15) is 4.79 Å². The van der Waals surface area contributed by atoms with Gasteiger partial charge < -0.3 is 19.5 Å². The summed E-state index contributed by atoms with van der Waals surface area (Å²) in [5.74, 6) is 0.682. The number of esters is 1. The minimum atomic E-state index is -0.168. The molecule has 0 radical (unpaired) electrons. The van der Waals surface area contributed by atoms with Gasteiger partial charge >= 0.3 is 5.97 Å². The molecule has 1 rings (SSSR count). The van der Waals surface area contributed by atoms with Crippen molar-refractivity contribution in [2.45, 2.75) is 32.7 Å². The first-order valence-corrected chi connectivity index (χ1v) is 8.22. The fourth-order valence-electron chi connectivity index (χ4n) is 2.18. The van der Waals surface area contributed by atoms with Gasteiger partial charge in [-0.3, -0.25) is 9.79 Å². The summed E-state index contributed by atoms with van der Waals surface area (Å²) in [7, 11) is 5.39. The normalized spacial score (nSPS) is 11.4. The molecule has 1 heterocycles. The summed E-state index contributed by atoms with van der Waals surface area (Å²) in [5.41, 5.74) is 1.12. The highest BCUT2D eigenvalue weighted by Gasteiger charge is 2.09. The third-order valence-corrected chi connectivity index (χ3v) is 3.66. The molecule has 1 aromatic heterocycles. The lowest BCUT2D eigenvalue weighted by molar-refractivity contribution is -0.140. The second-order valence-corrected chi connectivity index (χ2v) is 5.82. The monoisotopic (exact) mass is 342 g/mol. The van der Waals surface area contributed by atoms with Crippen molar-refractivity contribution in [3.63, 3.8) is 0 Å². The Morgan fingerprint density at radius 1 is 1.48 bits per heavy atom. The van der Waals surface area contributed by atoms with Crippen molar-refractivity contribution in [3.05, 3.63) is 23.0 Å². The standard InChI is InChI=1S/C16H27ClN4O2/c1-5-18-16(19-9-7-6-8-15(22)23-4)21(3)12-14-10-13(17)11-20(14)2/h10-11H,5-9,12H2,1-4H3,(H,18,19). The highest BCUT2D eigenvalue weighted by Crippen LogP contribution is 2.14. The lowest BCUT2D eigenvalue weighted by Gasteiger charge is -2.22. The molecule has 23 heavy (non-hydrogen) atoms. The molecule has 0 aliphatic carbocycles. The van der Waals surface area contributed by atoms with Crippen molar-refractivity contribution in [1.29, 1.82) is 0 Å². The molecule has 0 fully saturated rings. The summed E-state index contributed by atoms with van der Waals surface area (Å²) in [6.07, 6.45) is 3.97. The quantitative estimate of drug-likeness (QED) is 0.341. The van der Waals surface area contributed by atoms with Crippen LogP contribution in [-0.2, 0) is 23.1 Å². The van der Waals surface area contributed by atoms with E-state index in [4.69, 9.17) is 11.6 Å². The van der Waals surface area contributed by atoms with Gasteiger partial charge in [0.2, 0.25) is 0 Å². The predicted molar refractivity (Wildman–Crippen MR) is 93.7 cm³/mol. The second kappa shape index (κ2) is 10.2. The average Bonchev–Trinajstić information content (AvgIpc) is 2.83. The van der Waals surface area contributed by atoms with Gasteiger partial charge in [0.25, 0.3) is 0 Å². The molecule has 6 nitrogen and oxygen atoms in total. The molecular formula is C16H27ClN4O2. The van der Waals surface area contributed by atoms with E-state index in [-0.39, 0.29) is 5.97 Å². The number of nitrogens with zero attached hydrogens (tertiary/aromatic N) is 3. The first-order chi connectivity index (χ1) is 11.0. The molecule has 0 amide bonds. The highest BCUT2D eigenvalue weighted by molar-refractivity contribution is 6.30. The molecule has 0 aliphatic rings. The van der Waals surface area contributed by atoms with E-state index < -0.39 is 0 Å². The Bertz CT molecular complexity index is 528. The minimum Gasteiger partial charge on any atom is -0.469 e. The van der Waals surface area contributed by atoms with Gasteiger partial charge in [0.1, 0.15) is 0 Å². The number of guanidine groups is 1. The first-order valence-electron chi connectivity index (χ1n) is 7.85. The van der Waals surface area contributed by atoms with Gasteiger partial charge in [-0.15, -0.1) is 0 Å². The van der Waals surface area contributed by atoms with Crippen LogP contribution in [0.25, 0.3) is 0 Å². The molecule has 0 atom stereocenters. The van der Waals surface area contributed by atoms with E-state index >= 15 is 0 Å². The number of aromatic nitrogens is 1. The van der Waals surface area contributed by atoms with Crippen LogP contribution in [0, 0.1) is 0 Å². The minimum absolute atomic E-state index is 0.168. The van der Waals surface area contributed by atoms with E-state index in [1.54, 1.807) is 0 Å².